The zero-order valence-electron chi connectivity index (χ0n) is 13.7. The molecule has 1 aromatic heterocycles. The molecule has 0 radical (unpaired) electrons. The quantitative estimate of drug-likeness (QED) is 0.874. The van der Waals surface area contributed by atoms with E-state index in [0.717, 1.165) is 22.7 Å². The molecule has 4 nitrogen and oxygen atoms in total. The molecule has 1 aromatic carbocycles. The molecule has 0 spiro atoms. The fraction of sp³-hybridized carbons (Fsp3) is 0.444. The Morgan fingerprint density at radius 1 is 1.35 bits per heavy atom. The highest BCUT2D eigenvalue weighted by molar-refractivity contribution is 7.13. The van der Waals surface area contributed by atoms with E-state index in [-0.39, 0.29) is 6.03 Å². The van der Waals surface area contributed by atoms with Crippen LogP contribution in [-0.4, -0.2) is 29.0 Å². The number of amides is 2. The lowest BCUT2D eigenvalue weighted by atomic mass is 9.85. The summed E-state index contributed by atoms with van der Waals surface area (Å²) in [7, 11) is 1.91. The number of aromatic nitrogens is 1. The molecule has 23 heavy (non-hydrogen) atoms. The van der Waals surface area contributed by atoms with E-state index in [1.165, 1.54) is 19.3 Å². The molecule has 3 rings (SSSR count). The third-order valence-corrected chi connectivity index (χ3v) is 5.50. The molecule has 122 valence electrons. The van der Waals surface area contributed by atoms with E-state index in [0.29, 0.717) is 12.0 Å². The van der Waals surface area contributed by atoms with Crippen LogP contribution in [0, 0.1) is 5.92 Å². The van der Waals surface area contributed by atoms with Crippen molar-refractivity contribution < 1.29 is 4.79 Å². The van der Waals surface area contributed by atoms with Crippen molar-refractivity contribution in [3.05, 3.63) is 35.8 Å². The van der Waals surface area contributed by atoms with E-state index >= 15 is 0 Å². The van der Waals surface area contributed by atoms with Crippen LogP contribution in [0.25, 0.3) is 10.6 Å². The first-order valence-corrected chi connectivity index (χ1v) is 9.07. The van der Waals surface area contributed by atoms with Crippen molar-refractivity contribution in [3.8, 4) is 10.6 Å². The number of anilines is 1. The van der Waals surface area contributed by atoms with Gasteiger partial charge in [-0.05, 0) is 30.9 Å². The third-order valence-electron chi connectivity index (χ3n) is 4.68. The normalized spacial score (nSPS) is 21.0. The number of thiazole rings is 1. The number of benzene rings is 1. The number of rotatable bonds is 3. The van der Waals surface area contributed by atoms with Gasteiger partial charge < -0.3 is 10.2 Å². The summed E-state index contributed by atoms with van der Waals surface area (Å²) in [6, 6.07) is 8.19. The summed E-state index contributed by atoms with van der Waals surface area (Å²) < 4.78 is 0. The van der Waals surface area contributed by atoms with Crippen LogP contribution in [0.15, 0.2) is 35.8 Å². The molecule has 1 fully saturated rings. The predicted octanol–water partition coefficient (Wildman–Crippen LogP) is 4.85. The van der Waals surface area contributed by atoms with Crippen LogP contribution in [-0.2, 0) is 0 Å². The van der Waals surface area contributed by atoms with Crippen LogP contribution in [0.5, 0.6) is 0 Å². The lowest BCUT2D eigenvalue weighted by Crippen LogP contribution is -2.44. The molecule has 1 N–H and O–H groups in total. The topological polar surface area (TPSA) is 45.2 Å². The van der Waals surface area contributed by atoms with Crippen LogP contribution in [0.3, 0.4) is 0 Å². The Kier molecular flexibility index (Phi) is 4.96. The molecule has 0 aliphatic heterocycles. The molecule has 2 unspecified atom stereocenters. The van der Waals surface area contributed by atoms with Crippen molar-refractivity contribution in [2.45, 2.75) is 38.6 Å². The average Bonchev–Trinajstić information content (AvgIpc) is 3.09. The lowest BCUT2D eigenvalue weighted by Gasteiger charge is -2.36. The molecule has 2 amide bonds. The minimum absolute atomic E-state index is 0.0277. The summed E-state index contributed by atoms with van der Waals surface area (Å²) in [5, 5.41) is 5.95. The molecular formula is C18H23N3OS. The summed E-state index contributed by atoms with van der Waals surface area (Å²) in [5.74, 6) is 0.571. The van der Waals surface area contributed by atoms with Crippen LogP contribution in [0.1, 0.15) is 32.6 Å². The highest BCUT2D eigenvalue weighted by atomic mass is 32.1. The molecule has 0 bridgehead atoms. The van der Waals surface area contributed by atoms with Crippen molar-refractivity contribution >= 4 is 23.1 Å². The van der Waals surface area contributed by atoms with Gasteiger partial charge in [-0.1, -0.05) is 31.9 Å². The van der Waals surface area contributed by atoms with Gasteiger partial charge >= 0.3 is 6.03 Å². The van der Waals surface area contributed by atoms with Gasteiger partial charge in [-0.15, -0.1) is 11.3 Å². The maximum absolute atomic E-state index is 12.6. The van der Waals surface area contributed by atoms with Gasteiger partial charge in [-0.3, -0.25) is 0 Å². The SMILES string of the molecule is CC1CCCCC1N(C)C(=O)Nc1cccc(-c2nccs2)c1. The Hall–Kier alpha value is -1.88. The monoisotopic (exact) mass is 329 g/mol. The fourth-order valence-corrected chi connectivity index (χ4v) is 3.97. The number of nitrogens with one attached hydrogen (secondary N) is 1. The zero-order valence-corrected chi connectivity index (χ0v) is 14.5. The summed E-state index contributed by atoms with van der Waals surface area (Å²) in [5.41, 5.74) is 1.85. The lowest BCUT2D eigenvalue weighted by molar-refractivity contribution is 0.155. The van der Waals surface area contributed by atoms with Crippen LogP contribution in [0.2, 0.25) is 0 Å². The van der Waals surface area contributed by atoms with Crippen molar-refractivity contribution in [3.63, 3.8) is 0 Å². The van der Waals surface area contributed by atoms with Gasteiger partial charge in [-0.2, -0.15) is 0 Å². The largest absolute Gasteiger partial charge is 0.324 e. The molecule has 2 aromatic rings. The Morgan fingerprint density at radius 3 is 2.91 bits per heavy atom. The van der Waals surface area contributed by atoms with Crippen molar-refractivity contribution in [2.24, 2.45) is 5.92 Å². The van der Waals surface area contributed by atoms with Crippen molar-refractivity contribution in [2.75, 3.05) is 12.4 Å². The Morgan fingerprint density at radius 2 is 2.17 bits per heavy atom. The van der Waals surface area contributed by atoms with Gasteiger partial charge in [0.1, 0.15) is 5.01 Å². The second-order valence-corrected chi connectivity index (χ2v) is 7.18. The Bertz CT molecular complexity index is 656. The van der Waals surface area contributed by atoms with Gasteiger partial charge in [0.15, 0.2) is 0 Å². The molecule has 0 saturated heterocycles. The standard InChI is InChI=1S/C18H23N3OS/c1-13-6-3-4-9-16(13)21(2)18(22)20-15-8-5-7-14(12-15)17-19-10-11-23-17/h5,7-8,10-13,16H,3-4,6,9H2,1-2H3,(H,20,22). The highest BCUT2D eigenvalue weighted by Crippen LogP contribution is 2.28. The van der Waals surface area contributed by atoms with E-state index < -0.39 is 0 Å². The third kappa shape index (κ3) is 3.72. The second-order valence-electron chi connectivity index (χ2n) is 6.29. The maximum Gasteiger partial charge on any atom is 0.321 e. The summed E-state index contributed by atoms with van der Waals surface area (Å²) in [4.78, 5) is 18.8. The van der Waals surface area contributed by atoms with Crippen LogP contribution < -0.4 is 5.32 Å². The fourth-order valence-electron chi connectivity index (χ4n) is 3.33. The number of carbonyl (C=O) groups excluding carboxylic acids is 1. The maximum atomic E-state index is 12.6. The average molecular weight is 329 g/mol. The van der Waals surface area contributed by atoms with E-state index in [1.807, 2.05) is 41.6 Å². The molecule has 1 aliphatic rings. The number of urea groups is 1. The second kappa shape index (κ2) is 7.13. The van der Waals surface area contributed by atoms with Crippen LogP contribution in [0.4, 0.5) is 10.5 Å². The Balaban J connectivity index is 1.69. The van der Waals surface area contributed by atoms with Gasteiger partial charge in [0.05, 0.1) is 0 Å². The molecule has 1 saturated carbocycles. The first-order valence-electron chi connectivity index (χ1n) is 8.19. The first-order chi connectivity index (χ1) is 11.1. The molecular weight excluding hydrogens is 306 g/mol. The predicted molar refractivity (Wildman–Crippen MR) is 95.8 cm³/mol. The number of hydrogen-bond acceptors (Lipinski definition) is 3. The first kappa shape index (κ1) is 16.0. The highest BCUT2D eigenvalue weighted by Gasteiger charge is 2.27. The number of hydrogen-bond donors (Lipinski definition) is 1. The molecule has 1 heterocycles. The van der Waals surface area contributed by atoms with E-state index in [2.05, 4.69) is 17.2 Å². The van der Waals surface area contributed by atoms with Gasteiger partial charge in [-0.25, -0.2) is 9.78 Å². The van der Waals surface area contributed by atoms with E-state index in [4.69, 9.17) is 0 Å². The van der Waals surface area contributed by atoms with Crippen molar-refractivity contribution in [1.82, 2.24) is 9.88 Å². The van der Waals surface area contributed by atoms with Crippen LogP contribution >= 0.6 is 11.3 Å². The summed E-state index contributed by atoms with van der Waals surface area (Å²) >= 11 is 1.60. The minimum atomic E-state index is -0.0277. The summed E-state index contributed by atoms with van der Waals surface area (Å²) in [6.45, 7) is 2.25. The van der Waals surface area contributed by atoms with Gasteiger partial charge in [0.25, 0.3) is 0 Å². The molecule has 1 aliphatic carbocycles. The zero-order chi connectivity index (χ0) is 16.2. The molecule has 5 heteroatoms. The van der Waals surface area contributed by atoms with E-state index in [1.54, 1.807) is 17.5 Å². The smallest absolute Gasteiger partial charge is 0.321 e. The number of carbonyl (C=O) groups is 1. The van der Waals surface area contributed by atoms with Gasteiger partial charge in [0, 0.05) is 35.9 Å². The van der Waals surface area contributed by atoms with Gasteiger partial charge in [0.2, 0.25) is 0 Å². The molecule has 2 atom stereocenters. The summed E-state index contributed by atoms with van der Waals surface area (Å²) in [6.07, 6.45) is 6.60. The number of nitrogens with zero attached hydrogens (tertiary/aromatic N) is 2. The Labute approximate surface area is 141 Å². The van der Waals surface area contributed by atoms with Crippen molar-refractivity contribution in [1.29, 1.82) is 0 Å². The van der Waals surface area contributed by atoms with E-state index in [9.17, 15) is 4.79 Å². The minimum Gasteiger partial charge on any atom is -0.324 e.